The molecule has 2 aliphatic heterocycles. The summed E-state index contributed by atoms with van der Waals surface area (Å²) < 4.78 is 1.22. The maximum atomic E-state index is 6.18. The second kappa shape index (κ2) is 4.86. The molecular formula is C15H21BrN2. The molecule has 98 valence electrons. The van der Waals surface area contributed by atoms with Gasteiger partial charge in [-0.25, -0.2) is 0 Å². The number of hydrogen-bond donors (Lipinski definition) is 1. The molecule has 0 aromatic heterocycles. The largest absolute Gasteiger partial charge is 0.365 e. The van der Waals surface area contributed by atoms with Crippen molar-refractivity contribution >= 4 is 21.6 Å². The highest BCUT2D eigenvalue weighted by atomic mass is 79.9. The first-order valence-corrected chi connectivity index (χ1v) is 7.74. The van der Waals surface area contributed by atoms with E-state index in [1.807, 2.05) is 0 Å². The van der Waals surface area contributed by atoms with Gasteiger partial charge in [-0.1, -0.05) is 22.0 Å². The van der Waals surface area contributed by atoms with Crippen molar-refractivity contribution in [3.8, 4) is 0 Å². The van der Waals surface area contributed by atoms with Gasteiger partial charge in [0.15, 0.2) is 0 Å². The van der Waals surface area contributed by atoms with Crippen molar-refractivity contribution in [2.45, 2.75) is 57.2 Å². The van der Waals surface area contributed by atoms with Gasteiger partial charge in [-0.3, -0.25) is 0 Å². The van der Waals surface area contributed by atoms with Crippen molar-refractivity contribution < 1.29 is 0 Å². The third-order valence-electron chi connectivity index (χ3n) is 4.46. The standard InChI is InChI=1S/C15H21BrN2/c1-10-5-6-14(9-15(10)16)18-12-3-2-4-13(18)8-11(17)7-12/h5-6,9,11-13H,2-4,7-8,17H2,1H3. The second-order valence-corrected chi connectivity index (χ2v) is 6.67. The van der Waals surface area contributed by atoms with E-state index in [9.17, 15) is 0 Å². The Morgan fingerprint density at radius 3 is 2.50 bits per heavy atom. The van der Waals surface area contributed by atoms with Gasteiger partial charge in [0.1, 0.15) is 0 Å². The molecule has 1 aromatic rings. The Labute approximate surface area is 118 Å². The number of nitrogens with two attached hydrogens (primary N) is 1. The number of rotatable bonds is 1. The van der Waals surface area contributed by atoms with Gasteiger partial charge in [-0.15, -0.1) is 0 Å². The van der Waals surface area contributed by atoms with Gasteiger partial charge in [0.2, 0.25) is 0 Å². The number of halogens is 1. The highest BCUT2D eigenvalue weighted by Gasteiger charge is 2.37. The van der Waals surface area contributed by atoms with E-state index < -0.39 is 0 Å². The molecule has 2 atom stereocenters. The highest BCUT2D eigenvalue weighted by Crippen LogP contribution is 2.38. The van der Waals surface area contributed by atoms with E-state index in [0.29, 0.717) is 18.1 Å². The summed E-state index contributed by atoms with van der Waals surface area (Å²) in [6.07, 6.45) is 6.28. The Kier molecular flexibility index (Phi) is 3.37. The molecule has 0 amide bonds. The number of benzene rings is 1. The Morgan fingerprint density at radius 1 is 1.22 bits per heavy atom. The monoisotopic (exact) mass is 308 g/mol. The van der Waals surface area contributed by atoms with Crippen molar-refractivity contribution in [3.63, 3.8) is 0 Å². The minimum atomic E-state index is 0.408. The van der Waals surface area contributed by atoms with Crippen LogP contribution in [-0.2, 0) is 0 Å². The van der Waals surface area contributed by atoms with Gasteiger partial charge < -0.3 is 10.6 Å². The van der Waals surface area contributed by atoms with Crippen LogP contribution in [0.4, 0.5) is 5.69 Å². The van der Waals surface area contributed by atoms with Crippen LogP contribution < -0.4 is 10.6 Å². The van der Waals surface area contributed by atoms with Crippen LogP contribution in [0.5, 0.6) is 0 Å². The Balaban J connectivity index is 1.92. The van der Waals surface area contributed by atoms with E-state index in [0.717, 1.165) is 12.8 Å². The van der Waals surface area contributed by atoms with Gasteiger partial charge in [0.25, 0.3) is 0 Å². The second-order valence-electron chi connectivity index (χ2n) is 5.81. The van der Waals surface area contributed by atoms with Gasteiger partial charge in [-0.05, 0) is 56.7 Å². The summed E-state index contributed by atoms with van der Waals surface area (Å²) in [4.78, 5) is 2.64. The van der Waals surface area contributed by atoms with E-state index in [1.165, 1.54) is 35.0 Å². The zero-order valence-electron chi connectivity index (χ0n) is 10.9. The number of nitrogens with zero attached hydrogens (tertiary/aromatic N) is 1. The lowest BCUT2D eigenvalue weighted by Crippen LogP contribution is -2.55. The third-order valence-corrected chi connectivity index (χ3v) is 5.32. The molecule has 18 heavy (non-hydrogen) atoms. The number of hydrogen-bond acceptors (Lipinski definition) is 2. The Hall–Kier alpha value is -0.540. The van der Waals surface area contributed by atoms with E-state index in [-0.39, 0.29) is 0 Å². The van der Waals surface area contributed by atoms with Crippen molar-refractivity contribution in [2.24, 2.45) is 5.73 Å². The lowest BCUT2D eigenvalue weighted by atomic mass is 9.81. The fraction of sp³-hybridized carbons (Fsp3) is 0.600. The molecule has 3 heteroatoms. The molecule has 2 unspecified atom stereocenters. The summed E-state index contributed by atoms with van der Waals surface area (Å²) in [5, 5.41) is 0. The quantitative estimate of drug-likeness (QED) is 0.859. The number of fused-ring (bicyclic) bond motifs is 2. The van der Waals surface area contributed by atoms with Crippen molar-refractivity contribution in [1.82, 2.24) is 0 Å². The molecule has 0 spiro atoms. The first-order chi connectivity index (χ1) is 8.65. The first kappa shape index (κ1) is 12.5. The molecule has 0 saturated carbocycles. The zero-order valence-corrected chi connectivity index (χ0v) is 12.5. The van der Waals surface area contributed by atoms with E-state index >= 15 is 0 Å². The Morgan fingerprint density at radius 2 is 1.89 bits per heavy atom. The molecule has 2 aliphatic rings. The molecule has 2 bridgehead atoms. The van der Waals surface area contributed by atoms with Gasteiger partial charge >= 0.3 is 0 Å². The fourth-order valence-electron chi connectivity index (χ4n) is 3.59. The van der Waals surface area contributed by atoms with Crippen LogP contribution in [0.15, 0.2) is 22.7 Å². The fourth-order valence-corrected chi connectivity index (χ4v) is 3.95. The summed E-state index contributed by atoms with van der Waals surface area (Å²) in [5.41, 5.74) is 8.86. The van der Waals surface area contributed by atoms with Crippen molar-refractivity contribution in [1.29, 1.82) is 0 Å². The topological polar surface area (TPSA) is 29.3 Å². The van der Waals surface area contributed by atoms with Gasteiger partial charge in [0, 0.05) is 28.3 Å². The minimum absolute atomic E-state index is 0.408. The maximum Gasteiger partial charge on any atom is 0.0382 e. The number of piperidine rings is 2. The minimum Gasteiger partial charge on any atom is -0.365 e. The van der Waals surface area contributed by atoms with Crippen LogP contribution in [0.2, 0.25) is 0 Å². The molecule has 2 nitrogen and oxygen atoms in total. The molecule has 3 rings (SSSR count). The number of anilines is 1. The smallest absolute Gasteiger partial charge is 0.0382 e. The van der Waals surface area contributed by atoms with Crippen LogP contribution in [0, 0.1) is 6.92 Å². The average molecular weight is 309 g/mol. The molecule has 2 fully saturated rings. The average Bonchev–Trinajstić information content (AvgIpc) is 2.32. The van der Waals surface area contributed by atoms with Gasteiger partial charge in [0.05, 0.1) is 0 Å². The van der Waals surface area contributed by atoms with E-state index in [1.54, 1.807) is 0 Å². The lowest BCUT2D eigenvalue weighted by Gasteiger charge is -2.49. The van der Waals surface area contributed by atoms with Crippen molar-refractivity contribution in [3.05, 3.63) is 28.2 Å². The van der Waals surface area contributed by atoms with Crippen molar-refractivity contribution in [2.75, 3.05) is 4.90 Å². The predicted octanol–water partition coefficient (Wildman–Crippen LogP) is 3.61. The lowest BCUT2D eigenvalue weighted by molar-refractivity contribution is 0.271. The molecule has 2 N–H and O–H groups in total. The van der Waals surface area contributed by atoms with Crippen LogP contribution in [0.3, 0.4) is 0 Å². The summed E-state index contributed by atoms with van der Waals surface area (Å²) >= 11 is 3.65. The summed E-state index contributed by atoms with van der Waals surface area (Å²) in [7, 11) is 0. The zero-order chi connectivity index (χ0) is 12.7. The molecular weight excluding hydrogens is 288 g/mol. The van der Waals surface area contributed by atoms with E-state index in [2.05, 4.69) is 46.0 Å². The molecule has 2 heterocycles. The Bertz CT molecular complexity index is 432. The molecule has 0 aliphatic carbocycles. The summed E-state index contributed by atoms with van der Waals surface area (Å²) in [6.45, 7) is 2.14. The van der Waals surface area contributed by atoms with Crippen LogP contribution in [0.25, 0.3) is 0 Å². The SMILES string of the molecule is Cc1ccc(N2C3CCCC2CC(N)C3)cc1Br. The third kappa shape index (κ3) is 2.19. The number of aryl methyl sites for hydroxylation is 1. The molecule has 0 radical (unpaired) electrons. The maximum absolute atomic E-state index is 6.18. The normalized spacial score (nSPS) is 31.5. The van der Waals surface area contributed by atoms with Crippen LogP contribution in [-0.4, -0.2) is 18.1 Å². The first-order valence-electron chi connectivity index (χ1n) is 6.95. The van der Waals surface area contributed by atoms with Gasteiger partial charge in [-0.2, -0.15) is 0 Å². The van der Waals surface area contributed by atoms with Crippen LogP contribution in [0.1, 0.15) is 37.7 Å². The predicted molar refractivity (Wildman–Crippen MR) is 80.0 cm³/mol. The summed E-state index contributed by atoms with van der Waals surface area (Å²) in [5.74, 6) is 0. The van der Waals surface area contributed by atoms with Crippen LogP contribution >= 0.6 is 15.9 Å². The molecule has 1 aromatic carbocycles. The highest BCUT2D eigenvalue weighted by molar-refractivity contribution is 9.10. The van der Waals surface area contributed by atoms with E-state index in [4.69, 9.17) is 5.73 Å². The molecule has 2 saturated heterocycles. The summed E-state index contributed by atoms with van der Waals surface area (Å²) in [6, 6.07) is 8.47.